The molecular formula is C16H32O2. The monoisotopic (exact) mass is 256 g/mol. The lowest BCUT2D eigenvalue weighted by Gasteiger charge is -2.28. The maximum Gasteiger partial charge on any atom is 0.135 e. The molecule has 0 saturated heterocycles. The van der Waals surface area contributed by atoms with Crippen LogP contribution >= 0.6 is 0 Å². The molecule has 0 aromatic heterocycles. The quantitative estimate of drug-likeness (QED) is 0.633. The molecule has 0 aliphatic carbocycles. The summed E-state index contributed by atoms with van der Waals surface area (Å²) >= 11 is 0. The zero-order valence-electron chi connectivity index (χ0n) is 13.4. The maximum atomic E-state index is 11.8. The molecule has 0 saturated carbocycles. The van der Waals surface area contributed by atoms with Crippen LogP contribution in [-0.4, -0.2) is 18.0 Å². The van der Waals surface area contributed by atoms with Gasteiger partial charge in [0.2, 0.25) is 0 Å². The summed E-state index contributed by atoms with van der Waals surface area (Å²) in [6.45, 7) is 15.7. The van der Waals surface area contributed by atoms with Gasteiger partial charge < -0.3 is 4.74 Å². The highest BCUT2D eigenvalue weighted by atomic mass is 16.5. The number of Topliss-reactive ketones (excluding diaryl/α,β-unsaturated/α-hetero) is 1. The molecule has 0 spiro atoms. The number of carbonyl (C=O) groups is 1. The average molecular weight is 256 g/mol. The van der Waals surface area contributed by atoms with Crippen LogP contribution < -0.4 is 0 Å². The molecule has 0 rings (SSSR count). The summed E-state index contributed by atoms with van der Waals surface area (Å²) in [7, 11) is 0. The first-order chi connectivity index (χ1) is 8.07. The van der Waals surface area contributed by atoms with Crippen molar-refractivity contribution in [2.24, 2.45) is 11.3 Å². The molecule has 2 nitrogen and oxygen atoms in total. The van der Waals surface area contributed by atoms with Crippen molar-refractivity contribution in [3.8, 4) is 0 Å². The van der Waals surface area contributed by atoms with Gasteiger partial charge in [0.1, 0.15) is 5.78 Å². The molecule has 1 unspecified atom stereocenters. The smallest absolute Gasteiger partial charge is 0.135 e. The van der Waals surface area contributed by atoms with E-state index in [-0.39, 0.29) is 11.5 Å². The van der Waals surface area contributed by atoms with Crippen molar-refractivity contribution in [1.29, 1.82) is 0 Å². The minimum atomic E-state index is -0.186. The Hall–Kier alpha value is -0.370. The normalized spacial score (nSPS) is 14.6. The van der Waals surface area contributed by atoms with Crippen molar-refractivity contribution in [2.45, 2.75) is 79.8 Å². The molecule has 0 fully saturated rings. The topological polar surface area (TPSA) is 26.3 Å². The van der Waals surface area contributed by atoms with Crippen molar-refractivity contribution in [2.75, 3.05) is 6.61 Å². The zero-order valence-corrected chi connectivity index (χ0v) is 13.4. The molecule has 0 aromatic carbocycles. The van der Waals surface area contributed by atoms with E-state index in [2.05, 4.69) is 41.5 Å². The highest BCUT2D eigenvalue weighted by Gasteiger charge is 2.22. The largest absolute Gasteiger partial charge is 0.376 e. The Morgan fingerprint density at radius 1 is 1.11 bits per heavy atom. The molecule has 0 amide bonds. The highest BCUT2D eigenvalue weighted by molar-refractivity contribution is 5.80. The Morgan fingerprint density at radius 2 is 1.67 bits per heavy atom. The van der Waals surface area contributed by atoms with Crippen LogP contribution in [0.15, 0.2) is 0 Å². The second-order valence-electron chi connectivity index (χ2n) is 7.19. The van der Waals surface area contributed by atoms with Crippen LogP contribution in [0.4, 0.5) is 0 Å². The highest BCUT2D eigenvalue weighted by Crippen LogP contribution is 2.23. The van der Waals surface area contributed by atoms with Gasteiger partial charge in [-0.05, 0) is 38.5 Å². The van der Waals surface area contributed by atoms with E-state index < -0.39 is 0 Å². The van der Waals surface area contributed by atoms with Crippen molar-refractivity contribution in [3.63, 3.8) is 0 Å². The standard InChI is InChI=1S/C16H32O2/c1-8-13(2)14(17)9-10-16(6,7)18-12-11-15(3,4)5/h13H,8-12H2,1-7H3. The van der Waals surface area contributed by atoms with Gasteiger partial charge in [0.15, 0.2) is 0 Å². The second kappa shape index (κ2) is 7.28. The van der Waals surface area contributed by atoms with Gasteiger partial charge in [-0.25, -0.2) is 0 Å². The van der Waals surface area contributed by atoms with E-state index in [1.54, 1.807) is 0 Å². The van der Waals surface area contributed by atoms with E-state index in [0.717, 1.165) is 25.9 Å². The first-order valence-corrected chi connectivity index (χ1v) is 7.24. The van der Waals surface area contributed by atoms with Gasteiger partial charge in [0, 0.05) is 18.9 Å². The van der Waals surface area contributed by atoms with Crippen LogP contribution in [0.2, 0.25) is 0 Å². The van der Waals surface area contributed by atoms with Crippen LogP contribution in [0.3, 0.4) is 0 Å². The molecule has 0 aliphatic rings. The summed E-state index contributed by atoms with van der Waals surface area (Å²) in [4.78, 5) is 11.8. The fourth-order valence-corrected chi connectivity index (χ4v) is 1.60. The minimum absolute atomic E-state index is 0.186. The SMILES string of the molecule is CCC(C)C(=O)CCC(C)(C)OCCC(C)(C)C. The molecule has 1 atom stereocenters. The van der Waals surface area contributed by atoms with Crippen LogP contribution in [0, 0.1) is 11.3 Å². The van der Waals surface area contributed by atoms with Gasteiger partial charge in [0.25, 0.3) is 0 Å². The Morgan fingerprint density at radius 3 is 2.11 bits per heavy atom. The van der Waals surface area contributed by atoms with E-state index >= 15 is 0 Å². The van der Waals surface area contributed by atoms with Gasteiger partial charge in [-0.2, -0.15) is 0 Å². The average Bonchev–Trinajstić information content (AvgIpc) is 2.22. The molecule has 2 heteroatoms. The van der Waals surface area contributed by atoms with E-state index in [0.29, 0.717) is 17.6 Å². The number of carbonyl (C=O) groups excluding carboxylic acids is 1. The molecule has 18 heavy (non-hydrogen) atoms. The Labute approximate surface area is 113 Å². The first kappa shape index (κ1) is 17.6. The van der Waals surface area contributed by atoms with Crippen molar-refractivity contribution >= 4 is 5.78 Å². The Kier molecular flexibility index (Phi) is 7.13. The lowest BCUT2D eigenvalue weighted by Crippen LogP contribution is -2.28. The summed E-state index contributed by atoms with van der Waals surface area (Å²) in [6.07, 6.45) is 3.44. The van der Waals surface area contributed by atoms with Gasteiger partial charge in [-0.3, -0.25) is 4.79 Å². The predicted molar refractivity (Wildman–Crippen MR) is 77.8 cm³/mol. The number of ketones is 1. The van der Waals surface area contributed by atoms with Crippen molar-refractivity contribution in [3.05, 3.63) is 0 Å². The summed E-state index contributed by atoms with van der Waals surface area (Å²) in [5.41, 5.74) is 0.122. The molecular weight excluding hydrogens is 224 g/mol. The third-order valence-corrected chi connectivity index (χ3v) is 3.48. The number of ether oxygens (including phenoxy) is 1. The first-order valence-electron chi connectivity index (χ1n) is 7.24. The molecule has 0 bridgehead atoms. The Bertz CT molecular complexity index is 248. The minimum Gasteiger partial charge on any atom is -0.376 e. The molecule has 0 N–H and O–H groups in total. The lowest BCUT2D eigenvalue weighted by molar-refractivity contribution is -0.124. The van der Waals surface area contributed by atoms with Gasteiger partial charge in [-0.1, -0.05) is 34.6 Å². The molecule has 0 radical (unpaired) electrons. The number of hydrogen-bond donors (Lipinski definition) is 0. The summed E-state index contributed by atoms with van der Waals surface area (Å²) < 4.78 is 5.92. The number of rotatable bonds is 8. The maximum absolute atomic E-state index is 11.8. The summed E-state index contributed by atoms with van der Waals surface area (Å²) in [5.74, 6) is 0.556. The Balaban J connectivity index is 3.97. The fourth-order valence-electron chi connectivity index (χ4n) is 1.60. The predicted octanol–water partition coefficient (Wildman–Crippen LogP) is 4.61. The molecule has 0 aliphatic heterocycles. The molecule has 0 heterocycles. The summed E-state index contributed by atoms with van der Waals surface area (Å²) in [6, 6.07) is 0. The van der Waals surface area contributed by atoms with Crippen LogP contribution in [0.25, 0.3) is 0 Å². The fraction of sp³-hybridized carbons (Fsp3) is 0.938. The van der Waals surface area contributed by atoms with E-state index in [4.69, 9.17) is 4.74 Å². The van der Waals surface area contributed by atoms with E-state index in [1.165, 1.54) is 0 Å². The van der Waals surface area contributed by atoms with Crippen molar-refractivity contribution < 1.29 is 9.53 Å². The molecule has 0 aromatic rings. The lowest BCUT2D eigenvalue weighted by atomic mass is 9.92. The van der Waals surface area contributed by atoms with Crippen LogP contribution in [0.1, 0.15) is 74.1 Å². The van der Waals surface area contributed by atoms with E-state index in [9.17, 15) is 4.79 Å². The third kappa shape index (κ3) is 8.68. The molecule has 108 valence electrons. The second-order valence-corrected chi connectivity index (χ2v) is 7.19. The van der Waals surface area contributed by atoms with Crippen LogP contribution in [0.5, 0.6) is 0 Å². The van der Waals surface area contributed by atoms with Crippen molar-refractivity contribution in [1.82, 2.24) is 0 Å². The van der Waals surface area contributed by atoms with E-state index in [1.807, 2.05) is 6.92 Å². The third-order valence-electron chi connectivity index (χ3n) is 3.48. The summed E-state index contributed by atoms with van der Waals surface area (Å²) in [5, 5.41) is 0. The van der Waals surface area contributed by atoms with Gasteiger partial charge >= 0.3 is 0 Å². The number of hydrogen-bond acceptors (Lipinski definition) is 2. The van der Waals surface area contributed by atoms with Crippen LogP contribution in [-0.2, 0) is 9.53 Å². The van der Waals surface area contributed by atoms with Gasteiger partial charge in [-0.15, -0.1) is 0 Å². The zero-order chi connectivity index (χ0) is 14.4. The van der Waals surface area contributed by atoms with Gasteiger partial charge in [0.05, 0.1) is 5.60 Å².